The first-order chi connectivity index (χ1) is 23.2. The third kappa shape index (κ3) is 7.12. The number of hydrogen-bond acceptors (Lipinski definition) is 9. The van der Waals surface area contributed by atoms with Gasteiger partial charge in [0.15, 0.2) is 23.0 Å². The Hall–Kier alpha value is -4.99. The van der Waals surface area contributed by atoms with Gasteiger partial charge >= 0.3 is 0 Å². The Kier molecular flexibility index (Phi) is 9.89. The molecular weight excluding hydrogens is 610 g/mol. The molecule has 250 valence electrons. The highest BCUT2D eigenvalue weighted by Crippen LogP contribution is 2.58. The van der Waals surface area contributed by atoms with Crippen LogP contribution < -0.4 is 15.2 Å². The third-order valence-corrected chi connectivity index (χ3v) is 9.55. The fraction of sp³-hybridized carbons (Fsp3) is 0.308. The molecule has 4 aromatic rings. The summed E-state index contributed by atoms with van der Waals surface area (Å²) in [7, 11) is 0. The number of aromatic hydroxyl groups is 4. The van der Waals surface area contributed by atoms with Crippen molar-refractivity contribution in [2.75, 3.05) is 6.73 Å². The molecule has 48 heavy (non-hydrogen) atoms. The van der Waals surface area contributed by atoms with E-state index in [9.17, 15) is 30.3 Å². The smallest absolute Gasteiger partial charge is 0.200 e. The minimum absolute atomic E-state index is 0.0291. The summed E-state index contributed by atoms with van der Waals surface area (Å²) in [4.78, 5) is 13.3. The summed E-state index contributed by atoms with van der Waals surface area (Å²) >= 11 is 0. The predicted molar refractivity (Wildman–Crippen MR) is 180 cm³/mol. The molecule has 0 saturated heterocycles. The number of ether oxygens (including phenoxy) is 2. The van der Waals surface area contributed by atoms with E-state index in [1.54, 1.807) is 42.5 Å². The Morgan fingerprint density at radius 2 is 1.65 bits per heavy atom. The summed E-state index contributed by atoms with van der Waals surface area (Å²) in [5.41, 5.74) is 9.65. The lowest BCUT2D eigenvalue weighted by atomic mass is 9.65. The lowest BCUT2D eigenvalue weighted by Crippen LogP contribution is -2.34. The van der Waals surface area contributed by atoms with Crippen LogP contribution in [0.25, 0.3) is 0 Å². The van der Waals surface area contributed by atoms with E-state index in [1.807, 2.05) is 30.4 Å². The van der Waals surface area contributed by atoms with Crippen molar-refractivity contribution in [2.24, 2.45) is 17.6 Å². The molecule has 0 saturated carbocycles. The lowest BCUT2D eigenvalue weighted by molar-refractivity contribution is -0.121. The molecule has 3 aliphatic carbocycles. The molecule has 5 unspecified atom stereocenters. The molecule has 5 atom stereocenters. The third-order valence-electron chi connectivity index (χ3n) is 9.55. The molecule has 7 rings (SSSR count). The zero-order valence-corrected chi connectivity index (χ0v) is 26.5. The highest BCUT2D eigenvalue weighted by Gasteiger charge is 2.45. The quantitative estimate of drug-likeness (QED) is 0.0583. The molecule has 9 nitrogen and oxygen atoms in total. The summed E-state index contributed by atoms with van der Waals surface area (Å²) in [6.07, 6.45) is 5.03. The van der Waals surface area contributed by atoms with Crippen molar-refractivity contribution in [3.05, 3.63) is 119 Å². The monoisotopic (exact) mass is 651 g/mol. The summed E-state index contributed by atoms with van der Waals surface area (Å²) in [6.45, 7) is -0.0239. The van der Waals surface area contributed by atoms with Crippen molar-refractivity contribution in [1.82, 2.24) is 0 Å². The first kappa shape index (κ1) is 32.9. The molecule has 0 aromatic heterocycles. The lowest BCUT2D eigenvalue weighted by Gasteiger charge is -2.40. The average molecular weight is 652 g/mol. The first-order valence-electron chi connectivity index (χ1n) is 16.3. The van der Waals surface area contributed by atoms with Gasteiger partial charge in [0.05, 0.1) is 6.10 Å². The molecule has 0 radical (unpaired) electrons. The van der Waals surface area contributed by atoms with Crippen molar-refractivity contribution in [3.8, 4) is 34.5 Å². The minimum Gasteiger partial charge on any atom is -0.508 e. The average Bonchev–Trinajstić information content (AvgIpc) is 3.34. The van der Waals surface area contributed by atoms with Crippen LogP contribution >= 0.6 is 0 Å². The number of ketones is 1. The Morgan fingerprint density at radius 1 is 0.854 bits per heavy atom. The van der Waals surface area contributed by atoms with Crippen LogP contribution in [-0.4, -0.2) is 44.2 Å². The van der Waals surface area contributed by atoms with Gasteiger partial charge in [-0.05, 0) is 83.7 Å². The van der Waals surface area contributed by atoms with Crippen LogP contribution in [0.5, 0.6) is 34.5 Å². The van der Waals surface area contributed by atoms with E-state index in [1.165, 1.54) is 6.07 Å². The van der Waals surface area contributed by atoms with E-state index in [-0.39, 0.29) is 84.2 Å². The van der Waals surface area contributed by atoms with Crippen LogP contribution in [-0.2, 0) is 24.2 Å². The predicted octanol–water partition coefficient (Wildman–Crippen LogP) is 5.95. The number of nitrogens with two attached hydrogens (primary N) is 1. The van der Waals surface area contributed by atoms with Crippen molar-refractivity contribution in [3.63, 3.8) is 0 Å². The van der Waals surface area contributed by atoms with Gasteiger partial charge in [-0.25, -0.2) is 0 Å². The highest BCUT2D eigenvalue weighted by molar-refractivity contribution is 5.79. The Balaban J connectivity index is 1.28. The summed E-state index contributed by atoms with van der Waals surface area (Å²) < 4.78 is 11.4. The molecule has 2 bridgehead atoms. The van der Waals surface area contributed by atoms with E-state index in [2.05, 4.69) is 12.1 Å². The fourth-order valence-corrected chi connectivity index (χ4v) is 7.37. The Morgan fingerprint density at radius 3 is 2.42 bits per heavy atom. The van der Waals surface area contributed by atoms with Gasteiger partial charge in [-0.1, -0.05) is 60.7 Å². The molecule has 0 amide bonds. The molecule has 0 fully saturated rings. The standard InChI is InChI=1S/C39H41NO8/c40-22-48-35-17-24(10-14-32(35)43)9-12-29(42)19-33(44)30-13-11-26-18-27(15-23-5-2-1-3-6-23)36(30)31-20-34(45)38(46)39(37(26)31)47-21-25-7-4-8-28(41)16-25/h1-8,10-11,13-14,16-17,20,26-27,30,33,36,41,43-46H,9,12,15,18-19,21-22,40H2. The normalized spacial score (nSPS) is 20.1. The van der Waals surface area contributed by atoms with E-state index in [0.29, 0.717) is 12.0 Å². The van der Waals surface area contributed by atoms with Gasteiger partial charge in [-0.3, -0.25) is 10.5 Å². The van der Waals surface area contributed by atoms with Gasteiger partial charge in [0.2, 0.25) is 5.75 Å². The number of carbonyl (C=O) groups excluding carboxylic acids is 1. The largest absolute Gasteiger partial charge is 0.508 e. The van der Waals surface area contributed by atoms with Crippen LogP contribution in [0.4, 0.5) is 0 Å². The molecule has 0 aliphatic heterocycles. The van der Waals surface area contributed by atoms with Crippen LogP contribution in [0, 0.1) is 11.8 Å². The van der Waals surface area contributed by atoms with Crippen molar-refractivity contribution in [1.29, 1.82) is 0 Å². The van der Waals surface area contributed by atoms with Crippen molar-refractivity contribution < 1.29 is 39.8 Å². The number of allylic oxidation sites excluding steroid dienone is 1. The summed E-state index contributed by atoms with van der Waals surface area (Å²) in [5, 5.41) is 53.6. The highest BCUT2D eigenvalue weighted by atomic mass is 16.5. The van der Waals surface area contributed by atoms with E-state index >= 15 is 0 Å². The Bertz CT molecular complexity index is 1790. The van der Waals surface area contributed by atoms with Gasteiger partial charge in [-0.15, -0.1) is 0 Å². The van der Waals surface area contributed by atoms with Gasteiger partial charge in [0.1, 0.15) is 24.9 Å². The summed E-state index contributed by atoms with van der Waals surface area (Å²) in [6, 6.07) is 23.3. The minimum atomic E-state index is -0.995. The molecule has 7 N–H and O–H groups in total. The molecule has 4 aromatic carbocycles. The van der Waals surface area contributed by atoms with Gasteiger partial charge in [0, 0.05) is 30.2 Å². The van der Waals surface area contributed by atoms with Gasteiger partial charge < -0.3 is 35.0 Å². The SMILES string of the molecule is NCOc1cc(CCC(=O)CC(O)C2C=CC3CC(Cc4ccccc4)C2c2cc(O)c(O)c(OCc4cccc(O)c4)c23)ccc1O. The number of phenols is 4. The number of benzene rings is 4. The first-order valence-corrected chi connectivity index (χ1v) is 16.3. The fourth-order valence-electron chi connectivity index (χ4n) is 7.37. The van der Waals surface area contributed by atoms with Crippen LogP contribution in [0.3, 0.4) is 0 Å². The zero-order chi connectivity index (χ0) is 33.8. The number of Topliss-reactive ketones (excluding diaryl/α,β-unsaturated/α-hetero) is 1. The number of rotatable bonds is 13. The number of phenolic OH excluding ortho intramolecular Hbond substituents is 4. The topological polar surface area (TPSA) is 163 Å². The second kappa shape index (κ2) is 14.4. The Labute approximate surface area is 279 Å². The summed E-state index contributed by atoms with van der Waals surface area (Å²) in [5.74, 6) is -1.08. The van der Waals surface area contributed by atoms with Gasteiger partial charge in [0.25, 0.3) is 0 Å². The van der Waals surface area contributed by atoms with Crippen LogP contribution in [0.2, 0.25) is 0 Å². The van der Waals surface area contributed by atoms with Crippen LogP contribution in [0.1, 0.15) is 58.9 Å². The second-order valence-electron chi connectivity index (χ2n) is 12.7. The molecular formula is C39H41NO8. The van der Waals surface area contributed by atoms with Gasteiger partial charge in [-0.2, -0.15) is 0 Å². The van der Waals surface area contributed by atoms with Crippen molar-refractivity contribution in [2.45, 2.75) is 56.7 Å². The molecule has 0 spiro atoms. The molecule has 9 heteroatoms. The number of carbonyl (C=O) groups is 1. The zero-order valence-electron chi connectivity index (χ0n) is 26.5. The van der Waals surface area contributed by atoms with Crippen LogP contribution in [0.15, 0.2) is 91.0 Å². The maximum Gasteiger partial charge on any atom is 0.200 e. The number of aryl methyl sites for hydroxylation is 1. The second-order valence-corrected chi connectivity index (χ2v) is 12.7. The van der Waals surface area contributed by atoms with E-state index in [0.717, 1.165) is 35.1 Å². The maximum absolute atomic E-state index is 13.3. The molecule has 0 heterocycles. The van der Waals surface area contributed by atoms with E-state index < -0.39 is 12.0 Å². The number of aliphatic hydroxyl groups is 1. The van der Waals surface area contributed by atoms with Crippen molar-refractivity contribution >= 4 is 5.78 Å². The number of aliphatic hydroxyl groups excluding tert-OH is 1. The maximum atomic E-state index is 13.3. The molecule has 3 aliphatic rings. The van der Waals surface area contributed by atoms with E-state index in [4.69, 9.17) is 15.2 Å². The number of fused-ring (bicyclic) bond motifs is 2. The number of hydrogen-bond donors (Lipinski definition) is 6.